The molecular weight excluding hydrogens is 254 g/mol. The van der Waals surface area contributed by atoms with E-state index in [1.165, 1.54) is 4.90 Å². The number of ether oxygens (including phenoxy) is 1. The van der Waals surface area contributed by atoms with E-state index in [1.54, 1.807) is 0 Å². The van der Waals surface area contributed by atoms with Crippen molar-refractivity contribution in [3.63, 3.8) is 0 Å². The molecule has 0 bridgehead atoms. The fourth-order valence-corrected chi connectivity index (χ4v) is 2.27. The first-order valence-electron chi connectivity index (χ1n) is 7.04. The quantitative estimate of drug-likeness (QED) is 0.849. The van der Waals surface area contributed by atoms with E-state index in [4.69, 9.17) is 4.74 Å². The number of benzene rings is 1. The largest absolute Gasteiger partial charge is 0.447 e. The first kappa shape index (κ1) is 14.6. The average Bonchev–Trinajstić information content (AvgIpc) is 2.79. The van der Waals surface area contributed by atoms with Crippen LogP contribution in [-0.2, 0) is 16.0 Å². The zero-order valence-electron chi connectivity index (χ0n) is 12.2. The molecular formula is C16H21NO3. The van der Waals surface area contributed by atoms with E-state index >= 15 is 0 Å². The molecule has 20 heavy (non-hydrogen) atoms. The molecule has 108 valence electrons. The average molecular weight is 275 g/mol. The van der Waals surface area contributed by atoms with Gasteiger partial charge in [0, 0.05) is 5.92 Å². The van der Waals surface area contributed by atoms with Gasteiger partial charge in [-0.2, -0.15) is 0 Å². The molecule has 1 aromatic carbocycles. The summed E-state index contributed by atoms with van der Waals surface area (Å²) in [4.78, 5) is 25.6. The second-order valence-corrected chi connectivity index (χ2v) is 5.66. The number of carbonyl (C=O) groups excluding carboxylic acids is 2. The molecule has 0 aliphatic carbocycles. The van der Waals surface area contributed by atoms with E-state index in [1.807, 2.05) is 51.1 Å². The topological polar surface area (TPSA) is 46.6 Å². The first-order valence-corrected chi connectivity index (χ1v) is 7.04. The molecule has 4 nitrogen and oxygen atoms in total. The monoisotopic (exact) mass is 275 g/mol. The molecule has 0 saturated carbocycles. The Morgan fingerprint density at radius 3 is 2.55 bits per heavy atom. The summed E-state index contributed by atoms with van der Waals surface area (Å²) in [6.45, 7) is 6.11. The van der Waals surface area contributed by atoms with Crippen LogP contribution < -0.4 is 0 Å². The molecule has 0 spiro atoms. The van der Waals surface area contributed by atoms with Crippen LogP contribution in [-0.4, -0.2) is 29.5 Å². The van der Waals surface area contributed by atoms with Crippen molar-refractivity contribution in [2.75, 3.05) is 6.61 Å². The van der Waals surface area contributed by atoms with Gasteiger partial charge in [0.25, 0.3) is 0 Å². The van der Waals surface area contributed by atoms with Gasteiger partial charge in [-0.05, 0) is 17.9 Å². The van der Waals surface area contributed by atoms with Crippen molar-refractivity contribution in [2.24, 2.45) is 11.8 Å². The van der Waals surface area contributed by atoms with Crippen molar-refractivity contribution in [3.8, 4) is 0 Å². The Balaban J connectivity index is 2.13. The van der Waals surface area contributed by atoms with Gasteiger partial charge in [0.2, 0.25) is 5.91 Å². The van der Waals surface area contributed by atoms with Gasteiger partial charge in [-0.3, -0.25) is 4.79 Å². The van der Waals surface area contributed by atoms with E-state index in [0.29, 0.717) is 6.42 Å². The zero-order chi connectivity index (χ0) is 14.7. The van der Waals surface area contributed by atoms with E-state index in [2.05, 4.69) is 0 Å². The van der Waals surface area contributed by atoms with Crippen LogP contribution in [0.3, 0.4) is 0 Å². The Labute approximate surface area is 119 Å². The third-order valence-corrected chi connectivity index (χ3v) is 3.90. The molecule has 0 radical (unpaired) electrons. The molecule has 4 heteroatoms. The first-order chi connectivity index (χ1) is 9.50. The number of hydrogen-bond acceptors (Lipinski definition) is 3. The van der Waals surface area contributed by atoms with Gasteiger partial charge in [-0.1, -0.05) is 51.1 Å². The molecule has 1 fully saturated rings. The summed E-state index contributed by atoms with van der Waals surface area (Å²) in [6, 6.07) is 9.66. The molecule has 1 aromatic rings. The summed E-state index contributed by atoms with van der Waals surface area (Å²) in [7, 11) is 0. The van der Waals surface area contributed by atoms with Crippen molar-refractivity contribution >= 4 is 12.0 Å². The van der Waals surface area contributed by atoms with Gasteiger partial charge in [0.05, 0.1) is 6.04 Å². The summed E-state index contributed by atoms with van der Waals surface area (Å²) < 4.78 is 5.07. The minimum Gasteiger partial charge on any atom is -0.447 e. The minimum atomic E-state index is -0.511. The van der Waals surface area contributed by atoms with Crippen molar-refractivity contribution in [1.29, 1.82) is 0 Å². The van der Waals surface area contributed by atoms with Crippen LogP contribution in [0.2, 0.25) is 0 Å². The predicted octanol–water partition coefficient (Wildman–Crippen LogP) is 2.87. The second kappa shape index (κ2) is 6.07. The van der Waals surface area contributed by atoms with Crippen LogP contribution in [0.5, 0.6) is 0 Å². The SMILES string of the molecule is CC(C)C(C)C(=O)N1C(=O)OCC1Cc1ccccc1. The van der Waals surface area contributed by atoms with E-state index in [-0.39, 0.29) is 30.4 Å². The Morgan fingerprint density at radius 1 is 1.30 bits per heavy atom. The van der Waals surface area contributed by atoms with Gasteiger partial charge in [0.1, 0.15) is 6.61 Å². The lowest BCUT2D eigenvalue weighted by Crippen LogP contribution is -2.44. The third kappa shape index (κ3) is 3.00. The molecule has 0 N–H and O–H groups in total. The van der Waals surface area contributed by atoms with Gasteiger partial charge in [-0.25, -0.2) is 9.69 Å². The summed E-state index contributed by atoms with van der Waals surface area (Å²) in [5.74, 6) is -0.115. The van der Waals surface area contributed by atoms with Crippen molar-refractivity contribution in [3.05, 3.63) is 35.9 Å². The Morgan fingerprint density at radius 2 is 1.95 bits per heavy atom. The lowest BCUT2D eigenvalue weighted by atomic mass is 9.95. The lowest BCUT2D eigenvalue weighted by Gasteiger charge is -2.24. The molecule has 1 aliphatic heterocycles. The van der Waals surface area contributed by atoms with Crippen molar-refractivity contribution in [1.82, 2.24) is 4.90 Å². The predicted molar refractivity (Wildman–Crippen MR) is 76.1 cm³/mol. The molecule has 1 aliphatic rings. The molecule has 1 saturated heterocycles. The number of nitrogens with zero attached hydrogens (tertiary/aromatic N) is 1. The molecule has 0 aromatic heterocycles. The Bertz CT molecular complexity index is 484. The van der Waals surface area contributed by atoms with Gasteiger partial charge >= 0.3 is 6.09 Å². The van der Waals surface area contributed by atoms with Crippen LogP contribution in [0, 0.1) is 11.8 Å². The highest BCUT2D eigenvalue weighted by molar-refractivity contribution is 5.94. The maximum atomic E-state index is 12.4. The molecule has 2 unspecified atom stereocenters. The molecule has 2 atom stereocenters. The zero-order valence-corrected chi connectivity index (χ0v) is 12.2. The van der Waals surface area contributed by atoms with Crippen LogP contribution in [0.25, 0.3) is 0 Å². The number of imide groups is 1. The third-order valence-electron chi connectivity index (χ3n) is 3.90. The van der Waals surface area contributed by atoms with Crippen LogP contribution >= 0.6 is 0 Å². The van der Waals surface area contributed by atoms with E-state index in [0.717, 1.165) is 5.56 Å². The number of hydrogen-bond donors (Lipinski definition) is 0. The van der Waals surface area contributed by atoms with Crippen molar-refractivity contribution in [2.45, 2.75) is 33.2 Å². The van der Waals surface area contributed by atoms with Gasteiger partial charge in [0.15, 0.2) is 0 Å². The summed E-state index contributed by atoms with van der Waals surface area (Å²) in [5.41, 5.74) is 1.10. The van der Waals surface area contributed by atoms with Gasteiger partial charge < -0.3 is 4.74 Å². The summed E-state index contributed by atoms with van der Waals surface area (Å²) in [5, 5.41) is 0. The highest BCUT2D eigenvalue weighted by Crippen LogP contribution is 2.22. The smallest absolute Gasteiger partial charge is 0.416 e. The number of cyclic esters (lactones) is 1. The minimum absolute atomic E-state index is 0.136. The highest BCUT2D eigenvalue weighted by atomic mass is 16.6. The van der Waals surface area contributed by atoms with Crippen molar-refractivity contribution < 1.29 is 14.3 Å². The Kier molecular flexibility index (Phi) is 4.42. The van der Waals surface area contributed by atoms with Crippen LogP contribution in [0.1, 0.15) is 26.3 Å². The maximum Gasteiger partial charge on any atom is 0.416 e. The van der Waals surface area contributed by atoms with E-state index < -0.39 is 6.09 Å². The number of carbonyl (C=O) groups is 2. The molecule has 1 heterocycles. The fraction of sp³-hybridized carbons (Fsp3) is 0.500. The standard InChI is InChI=1S/C16H21NO3/c1-11(2)12(3)15(18)17-14(10-20-16(17)19)9-13-7-5-4-6-8-13/h4-8,11-12,14H,9-10H2,1-3H3. The Hall–Kier alpha value is -1.84. The summed E-state index contributed by atoms with van der Waals surface area (Å²) in [6.07, 6.45) is 0.131. The number of amides is 2. The molecule has 2 amide bonds. The number of rotatable bonds is 4. The highest BCUT2D eigenvalue weighted by Gasteiger charge is 2.40. The lowest BCUT2D eigenvalue weighted by molar-refractivity contribution is -0.134. The summed E-state index contributed by atoms with van der Waals surface area (Å²) >= 11 is 0. The maximum absolute atomic E-state index is 12.4. The normalized spacial score (nSPS) is 20.1. The van der Waals surface area contributed by atoms with Crippen LogP contribution in [0.15, 0.2) is 30.3 Å². The second-order valence-electron chi connectivity index (χ2n) is 5.66. The van der Waals surface area contributed by atoms with Gasteiger partial charge in [-0.15, -0.1) is 0 Å². The fourth-order valence-electron chi connectivity index (χ4n) is 2.27. The van der Waals surface area contributed by atoms with Crippen LogP contribution in [0.4, 0.5) is 4.79 Å². The molecule has 2 rings (SSSR count). The van der Waals surface area contributed by atoms with E-state index in [9.17, 15) is 9.59 Å².